The number of aromatic nitrogens is 2. The van der Waals surface area contributed by atoms with E-state index in [0.717, 1.165) is 18.9 Å². The van der Waals surface area contributed by atoms with Gasteiger partial charge in [-0.15, -0.1) is 0 Å². The van der Waals surface area contributed by atoms with Crippen LogP contribution < -0.4 is 20.5 Å². The SMILES string of the molecule is CC1NSC(n2c(=O)n(C)c3cc(F)c(S(=O)(=O)NC4(C)CC4)cc32)N1. The maximum atomic E-state index is 14.6. The first-order valence-electron chi connectivity index (χ1n) is 8.23. The molecular formula is C15H20FN5O3S2. The number of rotatable bonds is 4. The first-order chi connectivity index (χ1) is 12.1. The number of hydrogen-bond acceptors (Lipinski definition) is 6. The molecule has 1 saturated heterocycles. The molecule has 1 aliphatic heterocycles. The lowest BCUT2D eigenvalue weighted by Crippen LogP contribution is -2.35. The van der Waals surface area contributed by atoms with Crippen molar-refractivity contribution in [3.05, 3.63) is 28.4 Å². The molecule has 0 radical (unpaired) electrons. The van der Waals surface area contributed by atoms with Crippen molar-refractivity contribution in [2.24, 2.45) is 7.05 Å². The van der Waals surface area contributed by atoms with Crippen molar-refractivity contribution in [1.29, 1.82) is 0 Å². The minimum absolute atomic E-state index is 0.0210. The van der Waals surface area contributed by atoms with Crippen molar-refractivity contribution in [1.82, 2.24) is 23.9 Å². The molecule has 2 heterocycles. The van der Waals surface area contributed by atoms with Gasteiger partial charge in [-0.25, -0.2) is 27.0 Å². The normalized spacial score (nSPS) is 25.1. The maximum Gasteiger partial charge on any atom is 0.330 e. The Kier molecular flexibility index (Phi) is 4.01. The fraction of sp³-hybridized carbons (Fsp3) is 0.533. The smallest absolute Gasteiger partial charge is 0.295 e. The van der Waals surface area contributed by atoms with Gasteiger partial charge in [0, 0.05) is 18.7 Å². The summed E-state index contributed by atoms with van der Waals surface area (Å²) >= 11 is 1.31. The molecule has 0 bridgehead atoms. The van der Waals surface area contributed by atoms with Crippen LogP contribution in [0.5, 0.6) is 0 Å². The lowest BCUT2D eigenvalue weighted by molar-refractivity contribution is 0.488. The summed E-state index contributed by atoms with van der Waals surface area (Å²) in [5.41, 5.74) is -0.584. The summed E-state index contributed by atoms with van der Waals surface area (Å²) in [6.45, 7) is 3.69. The van der Waals surface area contributed by atoms with Crippen LogP contribution in [-0.4, -0.2) is 29.3 Å². The van der Waals surface area contributed by atoms with E-state index in [1.54, 1.807) is 6.92 Å². The Balaban J connectivity index is 1.89. The van der Waals surface area contributed by atoms with Gasteiger partial charge in [-0.2, -0.15) is 0 Å². The van der Waals surface area contributed by atoms with E-state index in [1.165, 1.54) is 34.2 Å². The van der Waals surface area contributed by atoms with Crippen molar-refractivity contribution in [3.63, 3.8) is 0 Å². The molecule has 1 aliphatic carbocycles. The molecule has 2 aromatic rings. The summed E-state index contributed by atoms with van der Waals surface area (Å²) in [5.74, 6) is -0.875. The number of hydrogen-bond donors (Lipinski definition) is 3. The molecule has 8 nitrogen and oxygen atoms in total. The third-order valence-corrected chi connectivity index (χ3v) is 7.51. The van der Waals surface area contributed by atoms with Gasteiger partial charge >= 0.3 is 5.69 Å². The number of imidazole rings is 1. The second-order valence-electron chi connectivity index (χ2n) is 7.13. The maximum absolute atomic E-state index is 14.6. The average Bonchev–Trinajstić information content (AvgIpc) is 3.01. The predicted molar refractivity (Wildman–Crippen MR) is 97.5 cm³/mol. The Hall–Kier alpha value is -1.40. The van der Waals surface area contributed by atoms with E-state index >= 15 is 0 Å². The van der Waals surface area contributed by atoms with Crippen molar-refractivity contribution >= 4 is 33.0 Å². The fourth-order valence-electron chi connectivity index (χ4n) is 3.04. The zero-order chi connectivity index (χ0) is 18.9. The summed E-state index contributed by atoms with van der Waals surface area (Å²) in [5, 5.41) is 3.18. The Morgan fingerprint density at radius 2 is 2.04 bits per heavy atom. The second-order valence-corrected chi connectivity index (χ2v) is 9.69. The van der Waals surface area contributed by atoms with Crippen molar-refractivity contribution < 1.29 is 12.8 Å². The van der Waals surface area contributed by atoms with E-state index in [9.17, 15) is 17.6 Å². The van der Waals surface area contributed by atoms with E-state index in [-0.39, 0.29) is 11.9 Å². The van der Waals surface area contributed by atoms with Gasteiger partial charge in [-0.1, -0.05) is 0 Å². The third-order valence-electron chi connectivity index (χ3n) is 4.80. The molecule has 2 fully saturated rings. The fourth-order valence-corrected chi connectivity index (χ4v) is 5.57. The van der Waals surface area contributed by atoms with Crippen molar-refractivity contribution in [2.75, 3.05) is 0 Å². The highest BCUT2D eigenvalue weighted by Crippen LogP contribution is 2.36. The lowest BCUT2D eigenvalue weighted by atomic mass is 10.3. The molecule has 2 aliphatic rings. The summed E-state index contributed by atoms with van der Waals surface area (Å²) in [4.78, 5) is 12.2. The number of nitrogens with zero attached hydrogens (tertiary/aromatic N) is 2. The van der Waals surface area contributed by atoms with Gasteiger partial charge in [0.2, 0.25) is 10.0 Å². The van der Waals surface area contributed by atoms with Gasteiger partial charge in [-0.3, -0.25) is 14.5 Å². The molecule has 0 amide bonds. The highest BCUT2D eigenvalue weighted by molar-refractivity contribution is 7.97. The van der Waals surface area contributed by atoms with Crippen LogP contribution in [0.3, 0.4) is 0 Å². The third kappa shape index (κ3) is 2.87. The first kappa shape index (κ1) is 18.0. The van der Waals surface area contributed by atoms with Gasteiger partial charge < -0.3 is 0 Å². The van der Waals surface area contributed by atoms with Crippen LogP contribution in [0.15, 0.2) is 21.8 Å². The Labute approximate surface area is 154 Å². The molecule has 1 aromatic heterocycles. The number of sulfonamides is 1. The average molecular weight is 401 g/mol. The van der Waals surface area contributed by atoms with Crippen LogP contribution in [0.4, 0.5) is 4.39 Å². The molecule has 1 aromatic carbocycles. The topological polar surface area (TPSA) is 97.2 Å². The molecule has 142 valence electrons. The zero-order valence-electron chi connectivity index (χ0n) is 14.5. The zero-order valence-corrected chi connectivity index (χ0v) is 16.2. The molecular weight excluding hydrogens is 381 g/mol. The molecule has 2 atom stereocenters. The summed E-state index contributed by atoms with van der Waals surface area (Å²) in [6, 6.07) is 2.35. The van der Waals surface area contributed by atoms with E-state index in [2.05, 4.69) is 14.8 Å². The van der Waals surface area contributed by atoms with Crippen LogP contribution in [-0.2, 0) is 17.1 Å². The minimum atomic E-state index is -4.02. The lowest BCUT2D eigenvalue weighted by Gasteiger charge is -2.14. The van der Waals surface area contributed by atoms with E-state index in [1.807, 2.05) is 6.92 Å². The highest BCUT2D eigenvalue weighted by atomic mass is 32.2. The van der Waals surface area contributed by atoms with Crippen LogP contribution in [0.2, 0.25) is 0 Å². The molecule has 2 unspecified atom stereocenters. The summed E-state index contributed by atoms with van der Waals surface area (Å²) in [6.07, 6.45) is 1.42. The van der Waals surface area contributed by atoms with Crippen molar-refractivity contribution in [3.8, 4) is 0 Å². The first-order valence-corrected chi connectivity index (χ1v) is 10.6. The molecule has 3 N–H and O–H groups in total. The highest BCUT2D eigenvalue weighted by Gasteiger charge is 2.42. The Morgan fingerprint density at radius 3 is 2.62 bits per heavy atom. The van der Waals surface area contributed by atoms with Gasteiger partial charge in [0.1, 0.15) is 10.7 Å². The Morgan fingerprint density at radius 1 is 1.35 bits per heavy atom. The van der Waals surface area contributed by atoms with Gasteiger partial charge in [0.25, 0.3) is 0 Å². The van der Waals surface area contributed by atoms with Crippen LogP contribution in [0.1, 0.15) is 32.2 Å². The second kappa shape index (κ2) is 5.80. The van der Waals surface area contributed by atoms with Gasteiger partial charge in [-0.05, 0) is 44.7 Å². The number of benzene rings is 1. The minimum Gasteiger partial charge on any atom is -0.295 e. The quantitative estimate of drug-likeness (QED) is 0.660. The van der Waals surface area contributed by atoms with E-state index < -0.39 is 31.8 Å². The number of aryl methyl sites for hydroxylation is 1. The largest absolute Gasteiger partial charge is 0.330 e. The molecule has 1 saturated carbocycles. The standard InChI is InChI=1S/C15H20FN5O3S2/c1-8-17-13(25-18-8)21-11-7-12(26(23,24)19-15(2)4-5-15)9(16)6-10(11)20(3)14(21)22/h6-8,13,17-19H,4-5H2,1-3H3. The van der Waals surface area contributed by atoms with Crippen LogP contribution in [0, 0.1) is 5.82 Å². The van der Waals surface area contributed by atoms with Gasteiger partial charge in [0.05, 0.1) is 17.2 Å². The molecule has 0 spiro atoms. The summed E-state index contributed by atoms with van der Waals surface area (Å²) < 4.78 is 48.3. The van der Waals surface area contributed by atoms with E-state index in [4.69, 9.17) is 0 Å². The predicted octanol–water partition coefficient (Wildman–Crippen LogP) is 0.953. The van der Waals surface area contributed by atoms with E-state index in [0.29, 0.717) is 11.0 Å². The molecule has 26 heavy (non-hydrogen) atoms. The monoisotopic (exact) mass is 401 g/mol. The summed E-state index contributed by atoms with van der Waals surface area (Å²) in [7, 11) is -2.49. The van der Waals surface area contributed by atoms with Crippen LogP contribution in [0.25, 0.3) is 11.0 Å². The van der Waals surface area contributed by atoms with Crippen LogP contribution >= 0.6 is 11.9 Å². The van der Waals surface area contributed by atoms with Gasteiger partial charge in [0.15, 0.2) is 5.50 Å². The Bertz CT molecular complexity index is 1060. The van der Waals surface area contributed by atoms with Crippen molar-refractivity contribution in [2.45, 2.75) is 48.8 Å². The number of fused-ring (bicyclic) bond motifs is 1. The number of nitrogens with one attached hydrogen (secondary N) is 3. The molecule has 11 heteroatoms. The molecule has 4 rings (SSSR count). The number of halogens is 1.